The molecule has 4 heteroatoms. The zero-order chi connectivity index (χ0) is 13.0. The number of nitrogens with zero attached hydrogens (tertiary/aromatic N) is 1. The van der Waals surface area contributed by atoms with Crippen LogP contribution in [0.5, 0.6) is 0 Å². The summed E-state index contributed by atoms with van der Waals surface area (Å²) < 4.78 is 0. The van der Waals surface area contributed by atoms with Crippen molar-refractivity contribution in [2.24, 2.45) is 0 Å². The second-order valence-electron chi connectivity index (χ2n) is 4.33. The van der Waals surface area contributed by atoms with Gasteiger partial charge in [0.2, 0.25) is 0 Å². The summed E-state index contributed by atoms with van der Waals surface area (Å²) in [5, 5.41) is 24.1. The molecule has 2 unspecified atom stereocenters. The summed E-state index contributed by atoms with van der Waals surface area (Å²) in [5.74, 6) is 0. The van der Waals surface area contributed by atoms with Crippen molar-refractivity contribution in [3.05, 3.63) is 42.1 Å². The largest absolute Gasteiger partial charge is 0.390 e. The van der Waals surface area contributed by atoms with E-state index in [9.17, 15) is 10.2 Å². The molecule has 2 rings (SSSR count). The van der Waals surface area contributed by atoms with Gasteiger partial charge >= 0.3 is 0 Å². The zero-order valence-corrected chi connectivity index (χ0v) is 10.4. The Morgan fingerprint density at radius 2 is 2.00 bits per heavy atom. The summed E-state index contributed by atoms with van der Waals surface area (Å²) in [6, 6.07) is 9.42. The molecule has 0 spiro atoms. The van der Waals surface area contributed by atoms with E-state index in [1.807, 2.05) is 37.4 Å². The van der Waals surface area contributed by atoms with Crippen molar-refractivity contribution in [3.63, 3.8) is 0 Å². The first-order chi connectivity index (χ1) is 8.74. The lowest BCUT2D eigenvalue weighted by molar-refractivity contribution is 0.0148. The molecule has 0 amide bonds. The van der Waals surface area contributed by atoms with Crippen LogP contribution in [0.2, 0.25) is 0 Å². The fraction of sp³-hybridized carbons (Fsp3) is 0.357. The average Bonchev–Trinajstić information content (AvgIpc) is 2.43. The molecule has 0 bridgehead atoms. The molecule has 0 aliphatic heterocycles. The van der Waals surface area contributed by atoms with E-state index in [4.69, 9.17) is 0 Å². The number of benzene rings is 1. The van der Waals surface area contributed by atoms with Gasteiger partial charge in [0.1, 0.15) is 6.10 Å². The Kier molecular flexibility index (Phi) is 4.25. The molecule has 2 aromatic rings. The van der Waals surface area contributed by atoms with Gasteiger partial charge in [0.15, 0.2) is 0 Å². The van der Waals surface area contributed by atoms with Crippen molar-refractivity contribution in [3.8, 4) is 0 Å². The first kappa shape index (κ1) is 13.0. The van der Waals surface area contributed by atoms with Crippen molar-refractivity contribution in [2.45, 2.75) is 18.6 Å². The number of para-hydroxylation sites is 1. The maximum absolute atomic E-state index is 10.2. The van der Waals surface area contributed by atoms with E-state index in [1.165, 1.54) is 0 Å². The molecule has 3 N–H and O–H groups in total. The summed E-state index contributed by atoms with van der Waals surface area (Å²) in [5.41, 5.74) is 1.42. The van der Waals surface area contributed by atoms with Crippen molar-refractivity contribution >= 4 is 10.9 Å². The highest BCUT2D eigenvalue weighted by molar-refractivity contribution is 5.81. The minimum atomic E-state index is -0.906. The van der Waals surface area contributed by atoms with Crippen LogP contribution in [0.1, 0.15) is 18.1 Å². The quantitative estimate of drug-likeness (QED) is 0.742. The first-order valence-electron chi connectivity index (χ1n) is 6.08. The van der Waals surface area contributed by atoms with Gasteiger partial charge in [0.05, 0.1) is 11.6 Å². The Balaban J connectivity index is 2.29. The van der Waals surface area contributed by atoms with E-state index in [1.54, 1.807) is 6.20 Å². The topological polar surface area (TPSA) is 65.4 Å². The Morgan fingerprint density at radius 3 is 2.78 bits per heavy atom. The van der Waals surface area contributed by atoms with E-state index >= 15 is 0 Å². The van der Waals surface area contributed by atoms with Crippen LogP contribution in [0.3, 0.4) is 0 Å². The molecule has 0 fully saturated rings. The Morgan fingerprint density at radius 1 is 1.22 bits per heavy atom. The van der Waals surface area contributed by atoms with Crippen LogP contribution in [0, 0.1) is 0 Å². The lowest BCUT2D eigenvalue weighted by Crippen LogP contribution is -2.23. The third-order valence-corrected chi connectivity index (χ3v) is 3.04. The van der Waals surface area contributed by atoms with E-state index in [0.29, 0.717) is 18.5 Å². The summed E-state index contributed by atoms with van der Waals surface area (Å²) >= 11 is 0. The molecule has 0 aliphatic rings. The number of pyridine rings is 1. The fourth-order valence-electron chi connectivity index (χ4n) is 2.02. The predicted molar refractivity (Wildman–Crippen MR) is 71.3 cm³/mol. The molecule has 1 aromatic heterocycles. The standard InChI is InChI=1S/C14H18N2O2/c1-15-9-7-12(17)14(18)11-6-2-4-10-5-3-8-16-13(10)11/h2-6,8,12,14-15,17-18H,7,9H2,1H3. The Labute approximate surface area is 106 Å². The Bertz CT molecular complexity index is 511. The van der Waals surface area contributed by atoms with Crippen LogP contribution < -0.4 is 5.32 Å². The van der Waals surface area contributed by atoms with Crippen molar-refractivity contribution < 1.29 is 10.2 Å². The van der Waals surface area contributed by atoms with Crippen LogP contribution in [-0.2, 0) is 0 Å². The second kappa shape index (κ2) is 5.91. The molecule has 96 valence electrons. The molecule has 0 saturated heterocycles. The van der Waals surface area contributed by atoms with E-state index in [2.05, 4.69) is 10.3 Å². The molecule has 2 atom stereocenters. The molecule has 0 aliphatic carbocycles. The number of hydrogen-bond donors (Lipinski definition) is 3. The van der Waals surface area contributed by atoms with Gasteiger partial charge in [0, 0.05) is 17.1 Å². The molecule has 4 nitrogen and oxygen atoms in total. The van der Waals surface area contributed by atoms with Gasteiger partial charge in [-0.25, -0.2) is 0 Å². The summed E-state index contributed by atoms with van der Waals surface area (Å²) in [6.45, 7) is 0.663. The number of aliphatic hydroxyl groups is 2. The van der Waals surface area contributed by atoms with Gasteiger partial charge in [-0.3, -0.25) is 4.98 Å². The molecule has 1 heterocycles. The Hall–Kier alpha value is -1.49. The van der Waals surface area contributed by atoms with Gasteiger partial charge in [-0.05, 0) is 26.1 Å². The van der Waals surface area contributed by atoms with Crippen LogP contribution in [-0.4, -0.2) is 34.9 Å². The number of nitrogens with one attached hydrogen (secondary N) is 1. The molecule has 0 saturated carbocycles. The number of rotatable bonds is 5. The van der Waals surface area contributed by atoms with Gasteiger partial charge in [-0.1, -0.05) is 24.3 Å². The van der Waals surface area contributed by atoms with Crippen molar-refractivity contribution in [1.29, 1.82) is 0 Å². The monoisotopic (exact) mass is 246 g/mol. The van der Waals surface area contributed by atoms with Gasteiger partial charge in [-0.2, -0.15) is 0 Å². The minimum Gasteiger partial charge on any atom is -0.390 e. The summed E-state index contributed by atoms with van der Waals surface area (Å²) in [4.78, 5) is 4.28. The number of hydrogen-bond acceptors (Lipinski definition) is 4. The predicted octanol–water partition coefficient (Wildman–Crippen LogP) is 1.24. The van der Waals surface area contributed by atoms with Crippen LogP contribution in [0.25, 0.3) is 10.9 Å². The van der Waals surface area contributed by atoms with Crippen molar-refractivity contribution in [2.75, 3.05) is 13.6 Å². The van der Waals surface area contributed by atoms with Gasteiger partial charge < -0.3 is 15.5 Å². The van der Waals surface area contributed by atoms with Gasteiger partial charge in [0.25, 0.3) is 0 Å². The molecular formula is C14H18N2O2. The highest BCUT2D eigenvalue weighted by Crippen LogP contribution is 2.25. The fourth-order valence-corrected chi connectivity index (χ4v) is 2.02. The normalized spacial score (nSPS) is 14.6. The lowest BCUT2D eigenvalue weighted by Gasteiger charge is -2.19. The van der Waals surface area contributed by atoms with Crippen molar-refractivity contribution in [1.82, 2.24) is 10.3 Å². The number of aliphatic hydroxyl groups excluding tert-OH is 2. The smallest absolute Gasteiger partial charge is 0.107 e. The molecule has 18 heavy (non-hydrogen) atoms. The van der Waals surface area contributed by atoms with E-state index in [-0.39, 0.29) is 0 Å². The highest BCUT2D eigenvalue weighted by Gasteiger charge is 2.20. The van der Waals surface area contributed by atoms with Crippen LogP contribution in [0.15, 0.2) is 36.5 Å². The SMILES string of the molecule is CNCCC(O)C(O)c1cccc2cccnc12. The van der Waals surface area contributed by atoms with E-state index < -0.39 is 12.2 Å². The van der Waals surface area contributed by atoms with Crippen LogP contribution >= 0.6 is 0 Å². The zero-order valence-electron chi connectivity index (χ0n) is 10.4. The maximum atomic E-state index is 10.2. The molecule has 0 radical (unpaired) electrons. The number of fused-ring (bicyclic) bond motifs is 1. The van der Waals surface area contributed by atoms with Crippen LogP contribution in [0.4, 0.5) is 0 Å². The lowest BCUT2D eigenvalue weighted by atomic mass is 9.99. The second-order valence-corrected chi connectivity index (χ2v) is 4.33. The third-order valence-electron chi connectivity index (χ3n) is 3.04. The first-order valence-corrected chi connectivity index (χ1v) is 6.08. The van der Waals surface area contributed by atoms with Gasteiger partial charge in [-0.15, -0.1) is 0 Å². The minimum absolute atomic E-state index is 0.501. The van der Waals surface area contributed by atoms with E-state index in [0.717, 1.165) is 10.9 Å². The highest BCUT2D eigenvalue weighted by atomic mass is 16.3. The third kappa shape index (κ3) is 2.67. The maximum Gasteiger partial charge on any atom is 0.107 e. The average molecular weight is 246 g/mol. The summed E-state index contributed by atoms with van der Waals surface area (Å²) in [6.07, 6.45) is 0.501. The number of aromatic nitrogens is 1. The molecular weight excluding hydrogens is 228 g/mol. The molecule has 1 aromatic carbocycles. The summed E-state index contributed by atoms with van der Waals surface area (Å²) in [7, 11) is 1.82.